The number of esters is 1. The first kappa shape index (κ1) is 13.0. The minimum atomic E-state index is -0.654. The van der Waals surface area contributed by atoms with Crippen molar-refractivity contribution in [3.63, 3.8) is 0 Å². The number of carbonyl (C=O) groups is 2. The van der Waals surface area contributed by atoms with Crippen molar-refractivity contribution in [3.8, 4) is 11.5 Å². The van der Waals surface area contributed by atoms with Crippen LogP contribution in [-0.2, 0) is 20.9 Å². The van der Waals surface area contributed by atoms with Crippen LogP contribution in [0.2, 0.25) is 0 Å². The van der Waals surface area contributed by atoms with Gasteiger partial charge in [0.15, 0.2) is 5.76 Å². The molecule has 3 heterocycles. The van der Waals surface area contributed by atoms with Gasteiger partial charge in [-0.1, -0.05) is 11.2 Å². The van der Waals surface area contributed by atoms with E-state index in [1.807, 2.05) is 0 Å². The lowest BCUT2D eigenvalue weighted by atomic mass is 10.1. The van der Waals surface area contributed by atoms with Gasteiger partial charge in [0.25, 0.3) is 5.91 Å². The van der Waals surface area contributed by atoms with Crippen molar-refractivity contribution in [2.24, 2.45) is 10.9 Å². The van der Waals surface area contributed by atoms with Gasteiger partial charge in [-0.05, 0) is 12.1 Å². The summed E-state index contributed by atoms with van der Waals surface area (Å²) in [6.07, 6.45) is 5.45. The second-order valence-electron chi connectivity index (χ2n) is 4.27. The second kappa shape index (κ2) is 5.58. The molecular weight excluding hydrogens is 276 g/mol. The number of amides is 1. The monoisotopic (exact) mass is 286 g/mol. The molecule has 0 bridgehead atoms. The zero-order valence-corrected chi connectivity index (χ0v) is 10.8. The molecule has 1 amide bonds. The van der Waals surface area contributed by atoms with Crippen molar-refractivity contribution < 1.29 is 23.3 Å². The van der Waals surface area contributed by atoms with Crippen LogP contribution in [0.5, 0.6) is 0 Å². The van der Waals surface area contributed by atoms with Crippen LogP contribution < -0.4 is 0 Å². The van der Waals surface area contributed by atoms with E-state index in [2.05, 4.69) is 10.1 Å². The maximum atomic E-state index is 11.8. The first-order valence-corrected chi connectivity index (χ1v) is 6.15. The fourth-order valence-electron chi connectivity index (χ4n) is 1.73. The van der Waals surface area contributed by atoms with Crippen LogP contribution in [0.4, 0.5) is 0 Å². The molecule has 7 heteroatoms. The van der Waals surface area contributed by atoms with Crippen LogP contribution in [0.3, 0.4) is 0 Å². The van der Waals surface area contributed by atoms with Gasteiger partial charge in [-0.2, -0.15) is 0 Å². The van der Waals surface area contributed by atoms with Crippen LogP contribution in [0, 0.1) is 5.92 Å². The Kier molecular flexibility index (Phi) is 3.46. The molecule has 0 aliphatic carbocycles. The van der Waals surface area contributed by atoms with Gasteiger partial charge in [0.05, 0.1) is 6.26 Å². The van der Waals surface area contributed by atoms with Gasteiger partial charge >= 0.3 is 5.97 Å². The molecule has 1 atom stereocenters. The summed E-state index contributed by atoms with van der Waals surface area (Å²) in [5.74, 6) is -0.556. The minimum absolute atomic E-state index is 0.0326. The van der Waals surface area contributed by atoms with Gasteiger partial charge < -0.3 is 13.7 Å². The highest BCUT2D eigenvalue weighted by Crippen LogP contribution is 2.21. The molecule has 2 aromatic rings. The lowest BCUT2D eigenvalue weighted by molar-refractivity contribution is -0.146. The van der Waals surface area contributed by atoms with E-state index in [0.717, 1.165) is 0 Å². The predicted octanol–water partition coefficient (Wildman–Crippen LogP) is 1.76. The summed E-state index contributed by atoms with van der Waals surface area (Å²) < 4.78 is 15.3. The number of hydrogen-bond donors (Lipinski definition) is 0. The molecule has 0 spiro atoms. The summed E-state index contributed by atoms with van der Waals surface area (Å²) in [5.41, 5.74) is 0.461. The zero-order chi connectivity index (χ0) is 14.7. The van der Waals surface area contributed by atoms with Gasteiger partial charge in [0, 0.05) is 18.4 Å². The van der Waals surface area contributed by atoms with Gasteiger partial charge in [-0.3, -0.25) is 9.59 Å². The SMILES string of the molecule is O=C1C=CC(C(=O)OCc2cc(-c3ccco3)on2)C=N1. The molecule has 0 aromatic carbocycles. The molecule has 21 heavy (non-hydrogen) atoms. The standard InChI is InChI=1S/C14H10N2O5/c17-13-4-3-9(7-15-13)14(18)20-8-10-6-12(21-16-10)11-2-1-5-19-11/h1-7,9H,8H2. The summed E-state index contributed by atoms with van der Waals surface area (Å²) in [7, 11) is 0. The molecule has 3 rings (SSSR count). The summed E-state index contributed by atoms with van der Waals surface area (Å²) in [6, 6.07) is 5.09. The molecule has 2 aromatic heterocycles. The number of hydrogen-bond acceptors (Lipinski definition) is 6. The topological polar surface area (TPSA) is 94.9 Å². The Bertz CT molecular complexity index is 696. The van der Waals surface area contributed by atoms with E-state index in [-0.39, 0.29) is 6.61 Å². The van der Waals surface area contributed by atoms with Crippen molar-refractivity contribution in [3.05, 3.63) is 42.3 Å². The molecule has 1 aliphatic rings. The Morgan fingerprint density at radius 2 is 2.29 bits per heavy atom. The number of nitrogens with zero attached hydrogens (tertiary/aromatic N) is 2. The maximum absolute atomic E-state index is 11.8. The third-order valence-electron chi connectivity index (χ3n) is 2.77. The van der Waals surface area contributed by atoms with E-state index in [0.29, 0.717) is 17.2 Å². The third kappa shape index (κ3) is 2.97. The number of ether oxygens (including phenoxy) is 1. The van der Waals surface area contributed by atoms with Crippen molar-refractivity contribution in [1.29, 1.82) is 0 Å². The molecule has 0 saturated carbocycles. The molecule has 106 valence electrons. The van der Waals surface area contributed by atoms with E-state index in [1.54, 1.807) is 18.2 Å². The highest BCUT2D eigenvalue weighted by Gasteiger charge is 2.19. The second-order valence-corrected chi connectivity index (χ2v) is 4.27. The van der Waals surface area contributed by atoms with Crippen molar-refractivity contribution >= 4 is 18.1 Å². The average Bonchev–Trinajstić information content (AvgIpc) is 3.16. The van der Waals surface area contributed by atoms with Gasteiger partial charge in [0.1, 0.15) is 18.2 Å². The number of dihydropyridines is 1. The molecule has 0 saturated heterocycles. The van der Waals surface area contributed by atoms with Gasteiger partial charge in [0.2, 0.25) is 5.76 Å². The number of aliphatic imine (C=N–C) groups is 1. The highest BCUT2D eigenvalue weighted by atomic mass is 16.5. The predicted molar refractivity (Wildman–Crippen MR) is 70.1 cm³/mol. The van der Waals surface area contributed by atoms with Crippen molar-refractivity contribution in [2.45, 2.75) is 6.61 Å². The number of rotatable bonds is 4. The van der Waals surface area contributed by atoms with Crippen LogP contribution >= 0.6 is 0 Å². The van der Waals surface area contributed by atoms with Crippen molar-refractivity contribution in [2.75, 3.05) is 0 Å². The first-order valence-electron chi connectivity index (χ1n) is 6.15. The Morgan fingerprint density at radius 1 is 1.38 bits per heavy atom. The normalized spacial score (nSPS) is 17.1. The average molecular weight is 286 g/mol. The molecule has 1 unspecified atom stereocenters. The smallest absolute Gasteiger partial charge is 0.318 e. The Hall–Kier alpha value is -2.96. The Balaban J connectivity index is 1.58. The van der Waals surface area contributed by atoms with E-state index < -0.39 is 17.8 Å². The number of carbonyl (C=O) groups excluding carboxylic acids is 2. The Morgan fingerprint density at radius 3 is 3.00 bits per heavy atom. The molecule has 0 radical (unpaired) electrons. The lowest BCUT2D eigenvalue weighted by Crippen LogP contribution is -2.19. The fraction of sp³-hybridized carbons (Fsp3) is 0.143. The van der Waals surface area contributed by atoms with Gasteiger partial charge in [-0.25, -0.2) is 4.99 Å². The number of furan rings is 1. The molecule has 0 N–H and O–H groups in total. The highest BCUT2D eigenvalue weighted by molar-refractivity contribution is 6.03. The third-order valence-corrected chi connectivity index (χ3v) is 2.77. The van der Waals surface area contributed by atoms with E-state index >= 15 is 0 Å². The van der Waals surface area contributed by atoms with Crippen LogP contribution in [0.25, 0.3) is 11.5 Å². The van der Waals surface area contributed by atoms with Crippen LogP contribution in [0.15, 0.2) is 50.5 Å². The van der Waals surface area contributed by atoms with Crippen molar-refractivity contribution in [1.82, 2.24) is 5.16 Å². The number of aromatic nitrogens is 1. The fourth-order valence-corrected chi connectivity index (χ4v) is 1.73. The first-order chi connectivity index (χ1) is 10.2. The van der Waals surface area contributed by atoms with E-state index in [4.69, 9.17) is 13.7 Å². The van der Waals surface area contributed by atoms with E-state index in [1.165, 1.54) is 24.6 Å². The van der Waals surface area contributed by atoms with Gasteiger partial charge in [-0.15, -0.1) is 0 Å². The summed E-state index contributed by atoms with van der Waals surface area (Å²) in [5, 5.41) is 3.78. The van der Waals surface area contributed by atoms with Crippen LogP contribution in [0.1, 0.15) is 5.69 Å². The lowest BCUT2D eigenvalue weighted by Gasteiger charge is -2.08. The maximum Gasteiger partial charge on any atom is 0.318 e. The molecule has 1 aliphatic heterocycles. The molecular formula is C14H10N2O5. The zero-order valence-electron chi connectivity index (χ0n) is 10.8. The Labute approximate surface area is 118 Å². The quantitative estimate of drug-likeness (QED) is 0.795. The minimum Gasteiger partial charge on any atom is -0.461 e. The summed E-state index contributed by atoms with van der Waals surface area (Å²) in [4.78, 5) is 26.1. The summed E-state index contributed by atoms with van der Waals surface area (Å²) >= 11 is 0. The summed E-state index contributed by atoms with van der Waals surface area (Å²) in [6.45, 7) is -0.0326. The molecule has 0 fully saturated rings. The van der Waals surface area contributed by atoms with E-state index in [9.17, 15) is 9.59 Å². The molecule has 7 nitrogen and oxygen atoms in total. The largest absolute Gasteiger partial charge is 0.461 e. The van der Waals surface area contributed by atoms with Crippen LogP contribution in [-0.4, -0.2) is 23.2 Å².